The van der Waals surface area contributed by atoms with E-state index in [1.165, 1.54) is 32.1 Å². The van der Waals surface area contributed by atoms with Crippen LogP contribution in [0.3, 0.4) is 0 Å². The molecule has 0 bridgehead atoms. The van der Waals surface area contributed by atoms with Gasteiger partial charge in [-0.3, -0.25) is 4.79 Å². The molecule has 0 aromatic rings. The second kappa shape index (κ2) is 10.2. The van der Waals surface area contributed by atoms with Crippen molar-refractivity contribution in [3.8, 4) is 0 Å². The minimum atomic E-state index is 0.238. The van der Waals surface area contributed by atoms with Gasteiger partial charge in [-0.15, -0.1) is 0 Å². The Morgan fingerprint density at radius 2 is 1.95 bits per heavy atom. The molecular formula is C18H35N3O. The molecule has 4 heteroatoms. The van der Waals surface area contributed by atoms with Gasteiger partial charge in [0.15, 0.2) is 0 Å². The lowest BCUT2D eigenvalue weighted by molar-refractivity contribution is -0.125. The molecule has 1 unspecified atom stereocenters. The molecule has 1 saturated carbocycles. The highest BCUT2D eigenvalue weighted by Crippen LogP contribution is 2.30. The minimum Gasteiger partial charge on any atom is -0.356 e. The van der Waals surface area contributed by atoms with Crippen LogP contribution >= 0.6 is 0 Å². The van der Waals surface area contributed by atoms with E-state index in [2.05, 4.69) is 22.5 Å². The van der Waals surface area contributed by atoms with Crippen LogP contribution in [-0.4, -0.2) is 50.1 Å². The molecule has 0 aromatic heterocycles. The summed E-state index contributed by atoms with van der Waals surface area (Å²) in [5.74, 6) is 1.33. The van der Waals surface area contributed by atoms with Crippen LogP contribution in [0.2, 0.25) is 0 Å². The molecule has 2 N–H and O–H groups in total. The van der Waals surface area contributed by atoms with Crippen molar-refractivity contribution in [3.63, 3.8) is 0 Å². The molecule has 0 aromatic carbocycles. The molecule has 4 nitrogen and oxygen atoms in total. The number of amides is 1. The Kier molecular flexibility index (Phi) is 8.24. The number of hydrogen-bond acceptors (Lipinski definition) is 3. The quantitative estimate of drug-likeness (QED) is 0.677. The lowest BCUT2D eigenvalue weighted by Gasteiger charge is -2.27. The highest BCUT2D eigenvalue weighted by molar-refractivity contribution is 5.78. The molecule has 0 radical (unpaired) electrons. The Morgan fingerprint density at radius 1 is 1.23 bits per heavy atom. The molecule has 1 saturated heterocycles. The van der Waals surface area contributed by atoms with E-state index in [9.17, 15) is 4.79 Å². The lowest BCUT2D eigenvalue weighted by atomic mass is 9.82. The first-order valence-electron chi connectivity index (χ1n) is 9.50. The third kappa shape index (κ3) is 6.25. The largest absolute Gasteiger partial charge is 0.356 e. The van der Waals surface area contributed by atoms with Gasteiger partial charge in [-0.2, -0.15) is 0 Å². The maximum atomic E-state index is 12.4. The standard InChI is InChI=1S/C18H35N3O/c1-2-17(15-16-7-4-3-5-8-16)18(22)20-9-6-12-21-13-10-19-11-14-21/h16-17,19H,2-15H2,1H3,(H,20,22). The van der Waals surface area contributed by atoms with Gasteiger partial charge in [0.25, 0.3) is 0 Å². The molecule has 2 rings (SSSR count). The smallest absolute Gasteiger partial charge is 0.223 e. The summed E-state index contributed by atoms with van der Waals surface area (Å²) in [6.45, 7) is 8.61. The molecule has 1 amide bonds. The van der Waals surface area contributed by atoms with E-state index < -0.39 is 0 Å². The van der Waals surface area contributed by atoms with Gasteiger partial charge in [0.05, 0.1) is 0 Å². The van der Waals surface area contributed by atoms with Crippen LogP contribution in [0.5, 0.6) is 0 Å². The van der Waals surface area contributed by atoms with Crippen molar-refractivity contribution in [2.45, 2.75) is 58.3 Å². The topological polar surface area (TPSA) is 44.4 Å². The van der Waals surface area contributed by atoms with Crippen molar-refractivity contribution in [2.75, 3.05) is 39.3 Å². The fourth-order valence-corrected chi connectivity index (χ4v) is 3.88. The van der Waals surface area contributed by atoms with Crippen LogP contribution in [0.15, 0.2) is 0 Å². The first-order chi connectivity index (χ1) is 10.8. The zero-order valence-corrected chi connectivity index (χ0v) is 14.4. The molecule has 22 heavy (non-hydrogen) atoms. The fourth-order valence-electron chi connectivity index (χ4n) is 3.88. The van der Waals surface area contributed by atoms with Crippen molar-refractivity contribution in [3.05, 3.63) is 0 Å². The van der Waals surface area contributed by atoms with Gasteiger partial charge < -0.3 is 15.5 Å². The Bertz CT molecular complexity index is 309. The predicted octanol–water partition coefficient (Wildman–Crippen LogP) is 2.39. The molecular weight excluding hydrogens is 274 g/mol. The third-order valence-corrected chi connectivity index (χ3v) is 5.37. The van der Waals surface area contributed by atoms with Gasteiger partial charge in [-0.25, -0.2) is 0 Å². The SMILES string of the molecule is CCC(CC1CCCCC1)C(=O)NCCCN1CCNCC1. The average Bonchev–Trinajstić information content (AvgIpc) is 2.58. The van der Waals surface area contributed by atoms with Gasteiger partial charge >= 0.3 is 0 Å². The fraction of sp³-hybridized carbons (Fsp3) is 0.944. The summed E-state index contributed by atoms with van der Waals surface area (Å²) < 4.78 is 0. The zero-order chi connectivity index (χ0) is 15.6. The van der Waals surface area contributed by atoms with Gasteiger partial charge in [-0.05, 0) is 31.7 Å². The summed E-state index contributed by atoms with van der Waals surface area (Å²) in [5.41, 5.74) is 0. The number of hydrogen-bond donors (Lipinski definition) is 2. The number of piperazine rings is 1. The number of nitrogens with zero attached hydrogens (tertiary/aromatic N) is 1. The normalized spacial score (nSPS) is 22.4. The lowest BCUT2D eigenvalue weighted by Crippen LogP contribution is -2.44. The van der Waals surface area contributed by atoms with E-state index in [-0.39, 0.29) is 5.92 Å². The van der Waals surface area contributed by atoms with Crippen LogP contribution in [0, 0.1) is 11.8 Å². The van der Waals surface area contributed by atoms with Gasteiger partial charge in [-0.1, -0.05) is 39.0 Å². The number of carbonyl (C=O) groups is 1. The predicted molar refractivity (Wildman–Crippen MR) is 91.9 cm³/mol. The maximum absolute atomic E-state index is 12.4. The number of nitrogens with one attached hydrogen (secondary N) is 2. The summed E-state index contributed by atoms with van der Waals surface area (Å²) in [6.07, 6.45) is 9.98. The Hall–Kier alpha value is -0.610. The number of rotatable bonds is 8. The van der Waals surface area contributed by atoms with Crippen LogP contribution in [0.1, 0.15) is 58.3 Å². The van der Waals surface area contributed by atoms with Crippen molar-refractivity contribution in [1.29, 1.82) is 0 Å². The molecule has 1 aliphatic heterocycles. The van der Waals surface area contributed by atoms with Gasteiger partial charge in [0.2, 0.25) is 5.91 Å². The van der Waals surface area contributed by atoms with Crippen molar-refractivity contribution < 1.29 is 4.79 Å². The maximum Gasteiger partial charge on any atom is 0.223 e. The molecule has 1 heterocycles. The van der Waals surface area contributed by atoms with E-state index in [1.807, 2.05) is 0 Å². The Morgan fingerprint density at radius 3 is 2.64 bits per heavy atom. The summed E-state index contributed by atoms with van der Waals surface area (Å²) in [7, 11) is 0. The first-order valence-corrected chi connectivity index (χ1v) is 9.50. The number of carbonyl (C=O) groups excluding carboxylic acids is 1. The average molecular weight is 309 g/mol. The minimum absolute atomic E-state index is 0.238. The molecule has 128 valence electrons. The molecule has 2 fully saturated rings. The van der Waals surface area contributed by atoms with E-state index >= 15 is 0 Å². The monoisotopic (exact) mass is 309 g/mol. The third-order valence-electron chi connectivity index (χ3n) is 5.37. The van der Waals surface area contributed by atoms with E-state index in [4.69, 9.17) is 0 Å². The highest BCUT2D eigenvalue weighted by Gasteiger charge is 2.22. The van der Waals surface area contributed by atoms with Crippen molar-refractivity contribution in [1.82, 2.24) is 15.5 Å². The van der Waals surface area contributed by atoms with Crippen molar-refractivity contribution >= 4 is 5.91 Å². The summed E-state index contributed by atoms with van der Waals surface area (Å²) in [5, 5.41) is 6.55. The second-order valence-electron chi connectivity index (χ2n) is 7.08. The van der Waals surface area contributed by atoms with Crippen LogP contribution in [0.4, 0.5) is 0 Å². The Labute approximate surface area is 136 Å². The summed E-state index contributed by atoms with van der Waals surface area (Å²) >= 11 is 0. The summed E-state index contributed by atoms with van der Waals surface area (Å²) in [6, 6.07) is 0. The molecule has 2 aliphatic rings. The van der Waals surface area contributed by atoms with Gasteiger partial charge in [0, 0.05) is 38.6 Å². The molecule has 1 atom stereocenters. The first kappa shape index (κ1) is 17.7. The van der Waals surface area contributed by atoms with Crippen LogP contribution in [0.25, 0.3) is 0 Å². The van der Waals surface area contributed by atoms with Crippen LogP contribution < -0.4 is 10.6 Å². The van der Waals surface area contributed by atoms with Crippen LogP contribution in [-0.2, 0) is 4.79 Å². The van der Waals surface area contributed by atoms with E-state index in [1.54, 1.807) is 0 Å². The molecule has 0 spiro atoms. The second-order valence-corrected chi connectivity index (χ2v) is 7.08. The van der Waals surface area contributed by atoms with E-state index in [0.717, 1.165) is 64.4 Å². The summed E-state index contributed by atoms with van der Waals surface area (Å²) in [4.78, 5) is 14.9. The van der Waals surface area contributed by atoms with Gasteiger partial charge in [0.1, 0.15) is 0 Å². The Balaban J connectivity index is 1.59. The zero-order valence-electron chi connectivity index (χ0n) is 14.4. The molecule has 1 aliphatic carbocycles. The highest BCUT2D eigenvalue weighted by atomic mass is 16.1. The van der Waals surface area contributed by atoms with E-state index in [0.29, 0.717) is 5.91 Å². The van der Waals surface area contributed by atoms with Crippen molar-refractivity contribution in [2.24, 2.45) is 11.8 Å².